The van der Waals surface area contributed by atoms with Crippen molar-refractivity contribution < 1.29 is 24.2 Å². The molecule has 40 heavy (non-hydrogen) atoms. The molecule has 3 heterocycles. The van der Waals surface area contributed by atoms with Crippen LogP contribution >= 0.6 is 11.6 Å². The third kappa shape index (κ3) is 4.60. The maximum absolute atomic E-state index is 13.7. The zero-order valence-corrected chi connectivity index (χ0v) is 23.6. The lowest BCUT2D eigenvalue weighted by atomic mass is 10.0. The number of hydrogen-bond acceptors (Lipinski definition) is 6. The molecule has 9 nitrogen and oxygen atoms in total. The largest absolute Gasteiger partial charge is 0.488 e. The Morgan fingerprint density at radius 3 is 2.70 bits per heavy atom. The molecule has 1 N–H and O–H groups in total. The average Bonchev–Trinajstić information content (AvgIpc) is 3.79. The van der Waals surface area contributed by atoms with Crippen LogP contribution in [0.25, 0.3) is 0 Å². The molecule has 5 aliphatic rings. The summed E-state index contributed by atoms with van der Waals surface area (Å²) in [5.74, 6) is 2.59. The summed E-state index contributed by atoms with van der Waals surface area (Å²) in [6.07, 6.45) is 4.28. The number of aliphatic hydroxyl groups is 1. The number of aromatic nitrogens is 2. The Morgan fingerprint density at radius 2 is 1.93 bits per heavy atom. The van der Waals surface area contributed by atoms with Gasteiger partial charge in [0.1, 0.15) is 18.4 Å². The lowest BCUT2D eigenvalue weighted by Gasteiger charge is -2.32. The summed E-state index contributed by atoms with van der Waals surface area (Å²) in [6, 6.07) is 7.74. The Balaban J connectivity index is 1.02. The second-order valence-electron chi connectivity index (χ2n) is 12.1. The van der Waals surface area contributed by atoms with E-state index in [2.05, 4.69) is 6.92 Å². The van der Waals surface area contributed by atoms with Gasteiger partial charge in [-0.2, -0.15) is 5.10 Å². The molecule has 2 saturated heterocycles. The molecule has 2 aromatic rings. The van der Waals surface area contributed by atoms with Crippen molar-refractivity contribution in [3.63, 3.8) is 0 Å². The smallest absolute Gasteiger partial charge is 0.274 e. The van der Waals surface area contributed by atoms with Gasteiger partial charge in [0.05, 0.1) is 24.3 Å². The van der Waals surface area contributed by atoms with Crippen LogP contribution in [0.4, 0.5) is 0 Å². The minimum Gasteiger partial charge on any atom is -0.488 e. The predicted octanol–water partition coefficient (Wildman–Crippen LogP) is 3.12. The van der Waals surface area contributed by atoms with E-state index in [0.717, 1.165) is 43.4 Å². The first kappa shape index (κ1) is 26.3. The van der Waals surface area contributed by atoms with Gasteiger partial charge in [0.15, 0.2) is 5.69 Å². The third-order valence-corrected chi connectivity index (χ3v) is 10.2. The average molecular weight is 569 g/mol. The first-order valence-electron chi connectivity index (χ1n) is 14.8. The summed E-state index contributed by atoms with van der Waals surface area (Å²) in [6.45, 7) is 4.67. The maximum Gasteiger partial charge on any atom is 0.274 e. The molecule has 2 aliphatic heterocycles. The summed E-state index contributed by atoms with van der Waals surface area (Å²) in [7, 11) is 0. The van der Waals surface area contributed by atoms with Crippen molar-refractivity contribution >= 4 is 23.4 Å². The molecule has 0 spiro atoms. The summed E-state index contributed by atoms with van der Waals surface area (Å²) in [5.41, 5.74) is 2.71. The molecule has 10 heteroatoms. The van der Waals surface area contributed by atoms with Crippen LogP contribution in [-0.2, 0) is 22.5 Å². The normalized spacial score (nSPS) is 30.5. The number of hydrogen-bond donors (Lipinski definition) is 1. The maximum atomic E-state index is 13.7. The molecule has 2 amide bonds. The van der Waals surface area contributed by atoms with E-state index in [1.807, 2.05) is 38.7 Å². The van der Waals surface area contributed by atoms with Gasteiger partial charge in [-0.3, -0.25) is 14.3 Å². The van der Waals surface area contributed by atoms with Crippen LogP contribution in [0, 0.1) is 17.8 Å². The van der Waals surface area contributed by atoms with E-state index in [1.54, 1.807) is 0 Å². The van der Waals surface area contributed by atoms with Gasteiger partial charge in [0.2, 0.25) is 5.91 Å². The van der Waals surface area contributed by atoms with E-state index in [-0.39, 0.29) is 43.2 Å². The molecule has 1 aromatic carbocycles. The SMILES string of the molecule is C[C@@H]1C2Cc3c(c(C(=O)N4CCC(OCCO)CC4)nn3CC(=O)N3CCC(Oc4ccccc4Cl)C4CC43)C21. The summed E-state index contributed by atoms with van der Waals surface area (Å²) in [4.78, 5) is 31.1. The standard InChI is InChI=1S/C30H37ClN4O5/c1-17-19-14-23-28(27(17)19)29(30(38)33-9-6-18(7-10-33)39-13-12-36)32-35(23)16-26(37)34-11-8-24(20-15-22(20)34)40-25-5-3-2-4-21(25)31/h2-5,17-20,22,24,27,36H,6-16H2,1H3/t17-,19?,20?,22?,24?,27?/m1/s1. The molecule has 0 radical (unpaired) electrons. The first-order chi connectivity index (χ1) is 19.4. The minimum absolute atomic E-state index is 0.0118. The van der Waals surface area contributed by atoms with Gasteiger partial charge < -0.3 is 24.4 Å². The Hall–Kier alpha value is -2.62. The minimum atomic E-state index is -0.0254. The number of ether oxygens (including phenoxy) is 2. The Kier molecular flexibility index (Phi) is 6.79. The summed E-state index contributed by atoms with van der Waals surface area (Å²) < 4.78 is 13.7. The van der Waals surface area contributed by atoms with Crippen molar-refractivity contribution in [3.8, 4) is 5.75 Å². The molecular formula is C30H37ClN4O5. The number of piperidine rings is 2. The highest BCUT2D eigenvalue weighted by Crippen LogP contribution is 2.62. The number of aliphatic hydroxyl groups excluding tert-OH is 1. The van der Waals surface area contributed by atoms with Crippen molar-refractivity contribution in [1.82, 2.24) is 19.6 Å². The highest BCUT2D eigenvalue weighted by Gasteiger charge is 2.57. The quantitative estimate of drug-likeness (QED) is 0.525. The topological polar surface area (TPSA) is 97.1 Å². The lowest BCUT2D eigenvalue weighted by molar-refractivity contribution is -0.134. The van der Waals surface area contributed by atoms with Crippen molar-refractivity contribution in [2.24, 2.45) is 17.8 Å². The Morgan fingerprint density at radius 1 is 1.12 bits per heavy atom. The second-order valence-corrected chi connectivity index (χ2v) is 12.5. The van der Waals surface area contributed by atoms with E-state index >= 15 is 0 Å². The summed E-state index contributed by atoms with van der Waals surface area (Å²) >= 11 is 6.30. The summed E-state index contributed by atoms with van der Waals surface area (Å²) in [5, 5.41) is 14.5. The number of halogens is 1. The molecule has 3 aliphatic carbocycles. The molecule has 1 aromatic heterocycles. The monoisotopic (exact) mass is 568 g/mol. The van der Waals surface area contributed by atoms with Gasteiger partial charge in [0.25, 0.3) is 5.91 Å². The number of rotatable bonds is 8. The van der Waals surface area contributed by atoms with Gasteiger partial charge in [-0.1, -0.05) is 30.7 Å². The molecule has 7 rings (SSSR count). The Labute approximate surface area is 239 Å². The fourth-order valence-electron chi connectivity index (χ4n) is 7.50. The van der Waals surface area contributed by atoms with Crippen LogP contribution in [0.2, 0.25) is 5.02 Å². The van der Waals surface area contributed by atoms with Crippen LogP contribution in [0.3, 0.4) is 0 Å². The van der Waals surface area contributed by atoms with Gasteiger partial charge >= 0.3 is 0 Å². The number of benzene rings is 1. The van der Waals surface area contributed by atoms with Crippen molar-refractivity contribution in [1.29, 1.82) is 0 Å². The number of para-hydroxylation sites is 1. The van der Waals surface area contributed by atoms with Gasteiger partial charge in [-0.15, -0.1) is 0 Å². The molecule has 5 unspecified atom stereocenters. The van der Waals surface area contributed by atoms with Crippen LogP contribution in [0.15, 0.2) is 24.3 Å². The third-order valence-electron chi connectivity index (χ3n) is 9.86. The van der Waals surface area contributed by atoms with Crippen molar-refractivity contribution in [2.75, 3.05) is 32.8 Å². The zero-order valence-electron chi connectivity index (χ0n) is 22.9. The molecular weight excluding hydrogens is 532 g/mol. The number of amides is 2. The van der Waals surface area contributed by atoms with Crippen LogP contribution in [0.5, 0.6) is 5.75 Å². The fourth-order valence-corrected chi connectivity index (χ4v) is 7.68. The molecule has 6 atom stereocenters. The van der Waals surface area contributed by atoms with Gasteiger partial charge in [-0.05, 0) is 55.6 Å². The highest BCUT2D eigenvalue weighted by atomic mass is 35.5. The molecule has 4 fully saturated rings. The van der Waals surface area contributed by atoms with E-state index < -0.39 is 0 Å². The molecule has 2 saturated carbocycles. The molecule has 214 valence electrons. The number of carbonyl (C=O) groups is 2. The van der Waals surface area contributed by atoms with E-state index in [9.17, 15) is 9.59 Å². The second kappa shape index (κ2) is 10.3. The van der Waals surface area contributed by atoms with Gasteiger partial charge in [0, 0.05) is 49.3 Å². The van der Waals surface area contributed by atoms with Crippen LogP contribution in [-0.4, -0.2) is 87.6 Å². The first-order valence-corrected chi connectivity index (χ1v) is 15.1. The van der Waals surface area contributed by atoms with Crippen LogP contribution < -0.4 is 4.74 Å². The number of fused-ring (bicyclic) bond motifs is 4. The Bertz CT molecular complexity index is 1310. The number of carbonyl (C=O) groups excluding carboxylic acids is 2. The highest BCUT2D eigenvalue weighted by molar-refractivity contribution is 6.32. The van der Waals surface area contributed by atoms with Crippen molar-refractivity contribution in [3.05, 3.63) is 46.2 Å². The number of likely N-dealkylation sites (tertiary alicyclic amines) is 2. The van der Waals surface area contributed by atoms with Crippen molar-refractivity contribution in [2.45, 2.75) is 69.7 Å². The van der Waals surface area contributed by atoms with Gasteiger partial charge in [-0.25, -0.2) is 0 Å². The van der Waals surface area contributed by atoms with Crippen LogP contribution in [0.1, 0.15) is 60.3 Å². The van der Waals surface area contributed by atoms with E-state index in [4.69, 9.17) is 31.3 Å². The number of nitrogens with zero attached hydrogens (tertiary/aromatic N) is 4. The fraction of sp³-hybridized carbons (Fsp3) is 0.633. The zero-order chi connectivity index (χ0) is 27.5. The predicted molar refractivity (Wildman–Crippen MR) is 147 cm³/mol. The van der Waals surface area contributed by atoms with E-state index in [1.165, 1.54) is 0 Å². The molecule has 0 bridgehead atoms. The van der Waals surface area contributed by atoms with E-state index in [0.29, 0.717) is 66.4 Å². The lowest BCUT2D eigenvalue weighted by Crippen LogP contribution is -2.44.